The van der Waals surface area contributed by atoms with Crippen LogP contribution >= 0.6 is 11.6 Å². The summed E-state index contributed by atoms with van der Waals surface area (Å²) in [5.74, 6) is 0. The maximum Gasteiger partial charge on any atom is 0.241 e. The van der Waals surface area contributed by atoms with Gasteiger partial charge in [-0.1, -0.05) is 31.0 Å². The Morgan fingerprint density at radius 1 is 1.53 bits per heavy atom. The third-order valence-electron chi connectivity index (χ3n) is 2.14. The minimum absolute atomic E-state index is 0.0707. The van der Waals surface area contributed by atoms with Gasteiger partial charge < -0.3 is 0 Å². The Kier molecular flexibility index (Phi) is 4.94. The van der Waals surface area contributed by atoms with Gasteiger partial charge in [-0.15, -0.1) is 0 Å². The monoisotopic (exact) mass is 272 g/mol. The number of hydrogen-bond acceptors (Lipinski definition) is 3. The molecule has 6 heteroatoms. The smallest absolute Gasteiger partial charge is 0.207 e. The van der Waals surface area contributed by atoms with E-state index in [0.717, 1.165) is 6.42 Å². The second-order valence-corrected chi connectivity index (χ2v) is 5.70. The lowest BCUT2D eigenvalue weighted by Gasteiger charge is -2.11. The van der Waals surface area contributed by atoms with Crippen LogP contribution in [0.3, 0.4) is 0 Å². The van der Waals surface area contributed by atoms with Gasteiger partial charge in [-0.25, -0.2) is 8.42 Å². The van der Waals surface area contributed by atoms with E-state index in [1.807, 2.05) is 13.0 Å². The van der Waals surface area contributed by atoms with E-state index >= 15 is 0 Å². The summed E-state index contributed by atoms with van der Waals surface area (Å²) in [6.07, 6.45) is 1.21. The molecule has 4 nitrogen and oxygen atoms in total. The summed E-state index contributed by atoms with van der Waals surface area (Å²) in [7, 11) is -3.67. The van der Waals surface area contributed by atoms with Gasteiger partial charge in [0.2, 0.25) is 10.0 Å². The molecule has 1 aromatic carbocycles. The molecule has 0 radical (unpaired) electrons. The van der Waals surface area contributed by atoms with E-state index in [9.17, 15) is 8.42 Å². The van der Waals surface area contributed by atoms with E-state index in [0.29, 0.717) is 11.4 Å². The van der Waals surface area contributed by atoms with Gasteiger partial charge in [0.25, 0.3) is 0 Å². The first-order chi connectivity index (χ1) is 7.99. The average molecular weight is 273 g/mol. The van der Waals surface area contributed by atoms with Crippen LogP contribution in [0.4, 0.5) is 0 Å². The van der Waals surface area contributed by atoms with Crippen molar-refractivity contribution in [3.05, 3.63) is 29.3 Å². The largest absolute Gasteiger partial charge is 0.241 e. The zero-order valence-corrected chi connectivity index (χ0v) is 10.9. The van der Waals surface area contributed by atoms with Crippen LogP contribution in [0.5, 0.6) is 0 Å². The fourth-order valence-electron chi connectivity index (χ4n) is 1.33. The minimum Gasteiger partial charge on any atom is -0.207 e. The highest BCUT2D eigenvalue weighted by Crippen LogP contribution is 2.15. The molecule has 1 atom stereocenters. The number of sulfonamides is 1. The number of halogens is 1. The van der Waals surface area contributed by atoms with E-state index in [2.05, 4.69) is 4.72 Å². The van der Waals surface area contributed by atoms with Crippen molar-refractivity contribution in [1.82, 2.24) is 4.72 Å². The van der Waals surface area contributed by atoms with Gasteiger partial charge in [0, 0.05) is 5.02 Å². The number of hydrogen-bond donors (Lipinski definition) is 1. The first kappa shape index (κ1) is 14.0. The molecule has 0 amide bonds. The summed E-state index contributed by atoms with van der Waals surface area (Å²) in [6.45, 7) is 1.89. The maximum atomic E-state index is 11.9. The second kappa shape index (κ2) is 6.01. The Bertz CT molecular complexity index is 523. The van der Waals surface area contributed by atoms with Gasteiger partial charge in [-0.3, -0.25) is 0 Å². The zero-order chi connectivity index (χ0) is 12.9. The molecule has 1 unspecified atom stereocenters. The van der Waals surface area contributed by atoms with Gasteiger partial charge in [-0.2, -0.15) is 9.98 Å². The van der Waals surface area contributed by atoms with Crippen LogP contribution in [0.25, 0.3) is 0 Å². The van der Waals surface area contributed by atoms with E-state index in [1.54, 1.807) is 12.1 Å². The molecule has 1 N–H and O–H groups in total. The minimum atomic E-state index is -3.67. The lowest BCUT2D eigenvalue weighted by molar-refractivity contribution is 0.563. The lowest BCUT2D eigenvalue weighted by Crippen LogP contribution is -2.33. The van der Waals surface area contributed by atoms with Gasteiger partial charge in [-0.05, 0) is 24.6 Å². The average Bonchev–Trinajstić information content (AvgIpc) is 2.28. The molecule has 0 aliphatic rings. The van der Waals surface area contributed by atoms with Gasteiger partial charge in [0.15, 0.2) is 0 Å². The molecule has 0 saturated heterocycles. The highest BCUT2D eigenvalue weighted by Gasteiger charge is 2.19. The van der Waals surface area contributed by atoms with Crippen LogP contribution in [0, 0.1) is 11.3 Å². The Hall–Kier alpha value is -1.09. The second-order valence-electron chi connectivity index (χ2n) is 3.55. The van der Waals surface area contributed by atoms with Crippen LogP contribution in [-0.2, 0) is 10.0 Å². The topological polar surface area (TPSA) is 70.0 Å². The van der Waals surface area contributed by atoms with Crippen molar-refractivity contribution < 1.29 is 8.42 Å². The highest BCUT2D eigenvalue weighted by molar-refractivity contribution is 7.89. The standard InChI is InChI=1S/C11H13ClN2O2S/c1-2-4-10(8-13)14-17(15,16)11-6-3-5-9(12)7-11/h3,5-7,10,14H,2,4H2,1H3. The summed E-state index contributed by atoms with van der Waals surface area (Å²) < 4.78 is 26.2. The SMILES string of the molecule is CCCC(C#N)NS(=O)(=O)c1cccc(Cl)c1. The Balaban J connectivity index is 2.93. The van der Waals surface area contributed by atoms with Crippen LogP contribution in [0.15, 0.2) is 29.2 Å². The van der Waals surface area contributed by atoms with Crippen molar-refractivity contribution in [3.8, 4) is 6.07 Å². The summed E-state index contributed by atoms with van der Waals surface area (Å²) in [5.41, 5.74) is 0. The van der Waals surface area contributed by atoms with Crippen molar-refractivity contribution in [2.75, 3.05) is 0 Å². The lowest BCUT2D eigenvalue weighted by atomic mass is 10.2. The fourth-order valence-corrected chi connectivity index (χ4v) is 2.80. The fraction of sp³-hybridized carbons (Fsp3) is 0.364. The van der Waals surface area contributed by atoms with Gasteiger partial charge in [0.05, 0.1) is 11.0 Å². The number of nitrogens with one attached hydrogen (secondary N) is 1. The molecule has 17 heavy (non-hydrogen) atoms. The molecule has 0 bridgehead atoms. The Labute approximate surface area is 106 Å². The number of rotatable bonds is 5. The van der Waals surface area contributed by atoms with Crippen LogP contribution in [0.2, 0.25) is 5.02 Å². The van der Waals surface area contributed by atoms with E-state index < -0.39 is 16.1 Å². The Morgan fingerprint density at radius 2 is 2.24 bits per heavy atom. The molecule has 0 saturated carbocycles. The van der Waals surface area contributed by atoms with E-state index in [-0.39, 0.29) is 4.90 Å². The Morgan fingerprint density at radius 3 is 2.76 bits per heavy atom. The van der Waals surface area contributed by atoms with Crippen molar-refractivity contribution in [2.24, 2.45) is 0 Å². The molecule has 1 rings (SSSR count). The molecule has 92 valence electrons. The molecular weight excluding hydrogens is 260 g/mol. The number of nitriles is 1. The number of benzene rings is 1. The van der Waals surface area contributed by atoms with Crippen molar-refractivity contribution in [2.45, 2.75) is 30.7 Å². The number of nitrogens with zero attached hydrogens (tertiary/aromatic N) is 1. The molecule has 0 heterocycles. The van der Waals surface area contributed by atoms with Crippen LogP contribution < -0.4 is 4.72 Å². The normalized spacial score (nSPS) is 13.0. The zero-order valence-electron chi connectivity index (χ0n) is 9.35. The first-order valence-corrected chi connectivity index (χ1v) is 7.03. The van der Waals surface area contributed by atoms with Gasteiger partial charge in [0.1, 0.15) is 6.04 Å². The van der Waals surface area contributed by atoms with Gasteiger partial charge >= 0.3 is 0 Å². The van der Waals surface area contributed by atoms with E-state index in [1.165, 1.54) is 12.1 Å². The first-order valence-electron chi connectivity index (χ1n) is 5.17. The van der Waals surface area contributed by atoms with Crippen LogP contribution in [0.1, 0.15) is 19.8 Å². The predicted octanol–water partition coefficient (Wildman–Crippen LogP) is 2.31. The summed E-state index contributed by atoms with van der Waals surface area (Å²) in [5, 5.41) is 9.16. The predicted molar refractivity (Wildman–Crippen MR) is 66.1 cm³/mol. The molecule has 0 spiro atoms. The summed E-state index contributed by atoms with van der Waals surface area (Å²) in [4.78, 5) is 0.0707. The molecule has 0 aliphatic heterocycles. The molecule has 0 fully saturated rings. The van der Waals surface area contributed by atoms with Crippen molar-refractivity contribution in [1.29, 1.82) is 5.26 Å². The highest BCUT2D eigenvalue weighted by atomic mass is 35.5. The van der Waals surface area contributed by atoms with Crippen LogP contribution in [-0.4, -0.2) is 14.5 Å². The van der Waals surface area contributed by atoms with E-state index in [4.69, 9.17) is 16.9 Å². The third kappa shape index (κ3) is 4.00. The molecule has 0 aliphatic carbocycles. The maximum absolute atomic E-state index is 11.9. The molecular formula is C11H13ClN2O2S. The summed E-state index contributed by atoms with van der Waals surface area (Å²) in [6, 6.07) is 7.15. The molecule has 0 aromatic heterocycles. The van der Waals surface area contributed by atoms with Crippen molar-refractivity contribution in [3.63, 3.8) is 0 Å². The van der Waals surface area contributed by atoms with Crippen molar-refractivity contribution >= 4 is 21.6 Å². The third-order valence-corrected chi connectivity index (χ3v) is 3.84. The molecule has 1 aromatic rings. The quantitative estimate of drug-likeness (QED) is 0.894. The summed E-state index contributed by atoms with van der Waals surface area (Å²) >= 11 is 5.73.